The molecule has 0 aliphatic rings. The van der Waals surface area contributed by atoms with Gasteiger partial charge in [0.05, 0.1) is 5.52 Å². The van der Waals surface area contributed by atoms with Crippen LogP contribution in [-0.2, 0) is 0 Å². The van der Waals surface area contributed by atoms with Crippen molar-refractivity contribution in [2.45, 2.75) is 0 Å². The zero-order valence-corrected chi connectivity index (χ0v) is 18.5. The Kier molecular flexibility index (Phi) is 5.12. The van der Waals surface area contributed by atoms with E-state index in [1.54, 1.807) is 6.20 Å². The van der Waals surface area contributed by atoms with Crippen molar-refractivity contribution < 1.29 is 0 Å². The predicted octanol–water partition coefficient (Wildman–Crippen LogP) is 6.31. The maximum atomic E-state index is 5.91. The second-order valence-electron chi connectivity index (χ2n) is 5.79. The summed E-state index contributed by atoms with van der Waals surface area (Å²) in [6.07, 6.45) is 1.75. The molecule has 2 aromatic heterocycles. The summed E-state index contributed by atoms with van der Waals surface area (Å²) in [5, 5.41) is 4.20. The van der Waals surface area contributed by atoms with Crippen LogP contribution < -0.4 is 11.1 Å². The van der Waals surface area contributed by atoms with Gasteiger partial charge >= 0.3 is 0 Å². The third-order valence-corrected chi connectivity index (χ3v) is 5.48. The van der Waals surface area contributed by atoms with E-state index in [0.29, 0.717) is 5.82 Å². The largest absolute Gasteiger partial charge is 0.368 e. The molecule has 2 heterocycles. The highest BCUT2D eigenvalue weighted by molar-refractivity contribution is 9.11. The first kappa shape index (κ1) is 18.3. The monoisotopic (exact) mass is 547 g/mol. The van der Waals surface area contributed by atoms with Crippen molar-refractivity contribution >= 4 is 76.1 Å². The van der Waals surface area contributed by atoms with Crippen molar-refractivity contribution in [3.8, 4) is 11.1 Å². The summed E-state index contributed by atoms with van der Waals surface area (Å²) in [7, 11) is 0. The van der Waals surface area contributed by atoms with E-state index < -0.39 is 0 Å². The minimum Gasteiger partial charge on any atom is -0.368 e. The first-order chi connectivity index (χ1) is 13.0. The smallest absolute Gasteiger partial charge is 0.222 e. The molecule has 0 aliphatic carbocycles. The normalized spacial score (nSPS) is 10.9. The van der Waals surface area contributed by atoms with Gasteiger partial charge in [0.25, 0.3) is 0 Å². The number of nitrogen functional groups attached to an aromatic ring is 1. The van der Waals surface area contributed by atoms with Crippen LogP contribution in [0.1, 0.15) is 0 Å². The highest BCUT2D eigenvalue weighted by Crippen LogP contribution is 2.33. The van der Waals surface area contributed by atoms with E-state index >= 15 is 0 Å². The lowest BCUT2D eigenvalue weighted by Gasteiger charge is -2.12. The lowest BCUT2D eigenvalue weighted by atomic mass is 10.1. The zero-order valence-electron chi connectivity index (χ0n) is 13.7. The van der Waals surface area contributed by atoms with E-state index in [-0.39, 0.29) is 5.95 Å². The third kappa shape index (κ3) is 3.97. The average molecular weight is 550 g/mol. The summed E-state index contributed by atoms with van der Waals surface area (Å²) in [5.74, 6) is 0.870. The first-order valence-electron chi connectivity index (χ1n) is 7.91. The van der Waals surface area contributed by atoms with E-state index in [4.69, 9.17) is 5.73 Å². The summed E-state index contributed by atoms with van der Waals surface area (Å²) in [5.41, 5.74) is 9.54. The molecule has 0 radical (unpaired) electrons. The molecule has 0 unspecified atom stereocenters. The summed E-state index contributed by atoms with van der Waals surface area (Å²) >= 11 is 10.5. The molecule has 3 N–H and O–H groups in total. The molecule has 0 amide bonds. The van der Waals surface area contributed by atoms with Crippen LogP contribution in [0.3, 0.4) is 0 Å². The standard InChI is InChI=1S/C19H12Br3N5/c20-11-2-1-3-13(7-11)25-18-15-6-10(4-5-16(15)26-19(23)27-18)14-8-12(21)9-24-17(14)22/h1-9H,(H3,23,25,26,27). The van der Waals surface area contributed by atoms with E-state index in [1.165, 1.54) is 0 Å². The van der Waals surface area contributed by atoms with Gasteiger partial charge in [0, 0.05) is 31.8 Å². The van der Waals surface area contributed by atoms with Gasteiger partial charge < -0.3 is 11.1 Å². The topological polar surface area (TPSA) is 76.7 Å². The van der Waals surface area contributed by atoms with E-state index in [1.807, 2.05) is 48.5 Å². The third-order valence-electron chi connectivity index (χ3n) is 3.92. The van der Waals surface area contributed by atoms with Gasteiger partial charge in [0.15, 0.2) is 0 Å². The minimum atomic E-state index is 0.220. The molecule has 4 rings (SSSR count). The molecule has 27 heavy (non-hydrogen) atoms. The first-order valence-corrected chi connectivity index (χ1v) is 10.3. The Bertz CT molecular complexity index is 1160. The SMILES string of the molecule is Nc1nc(Nc2cccc(Br)c2)c2cc(-c3cc(Br)cnc3Br)ccc2n1. The van der Waals surface area contributed by atoms with Gasteiger partial charge in [-0.05, 0) is 73.8 Å². The number of hydrogen-bond donors (Lipinski definition) is 2. The van der Waals surface area contributed by atoms with Gasteiger partial charge in [-0.2, -0.15) is 4.98 Å². The molecule has 0 spiro atoms. The second-order valence-corrected chi connectivity index (χ2v) is 8.37. The Morgan fingerprint density at radius 1 is 0.889 bits per heavy atom. The molecular formula is C19H12Br3N5. The molecule has 2 aromatic carbocycles. The Labute approximate surface area is 180 Å². The van der Waals surface area contributed by atoms with Crippen LogP contribution in [0.5, 0.6) is 0 Å². The predicted molar refractivity (Wildman–Crippen MR) is 120 cm³/mol. The highest BCUT2D eigenvalue weighted by Gasteiger charge is 2.11. The van der Waals surface area contributed by atoms with Crippen molar-refractivity contribution in [3.63, 3.8) is 0 Å². The van der Waals surface area contributed by atoms with Gasteiger partial charge in [0.2, 0.25) is 5.95 Å². The van der Waals surface area contributed by atoms with Crippen LogP contribution in [0.15, 0.2) is 68.3 Å². The lowest BCUT2D eigenvalue weighted by Crippen LogP contribution is -2.01. The average Bonchev–Trinajstić information content (AvgIpc) is 2.63. The van der Waals surface area contributed by atoms with Gasteiger partial charge in [-0.3, -0.25) is 0 Å². The van der Waals surface area contributed by atoms with E-state index in [2.05, 4.69) is 68.1 Å². The van der Waals surface area contributed by atoms with Crippen molar-refractivity contribution in [2.24, 2.45) is 0 Å². The Morgan fingerprint density at radius 3 is 2.56 bits per heavy atom. The fourth-order valence-corrected chi connectivity index (χ4v) is 3.91. The summed E-state index contributed by atoms with van der Waals surface area (Å²) in [4.78, 5) is 13.1. The Balaban J connectivity index is 1.87. The molecule has 4 aromatic rings. The number of rotatable bonds is 3. The molecule has 0 saturated carbocycles. The molecule has 8 heteroatoms. The van der Waals surface area contributed by atoms with Gasteiger partial charge in [0.1, 0.15) is 10.4 Å². The Hall–Kier alpha value is -2.03. The quantitative estimate of drug-likeness (QED) is 0.293. The number of nitrogens with one attached hydrogen (secondary N) is 1. The molecule has 0 bridgehead atoms. The molecule has 0 atom stereocenters. The number of halogens is 3. The van der Waals surface area contributed by atoms with Crippen molar-refractivity contribution in [1.82, 2.24) is 15.0 Å². The number of pyridine rings is 1. The van der Waals surface area contributed by atoms with Crippen LogP contribution in [0, 0.1) is 0 Å². The Morgan fingerprint density at radius 2 is 1.74 bits per heavy atom. The molecule has 5 nitrogen and oxygen atoms in total. The molecule has 0 saturated heterocycles. The number of fused-ring (bicyclic) bond motifs is 1. The van der Waals surface area contributed by atoms with Crippen LogP contribution in [0.2, 0.25) is 0 Å². The van der Waals surface area contributed by atoms with Crippen LogP contribution in [0.25, 0.3) is 22.0 Å². The van der Waals surface area contributed by atoms with Crippen molar-refractivity contribution in [3.05, 3.63) is 68.3 Å². The maximum Gasteiger partial charge on any atom is 0.222 e. The number of nitrogens with two attached hydrogens (primary N) is 1. The maximum absolute atomic E-state index is 5.91. The highest BCUT2D eigenvalue weighted by atomic mass is 79.9. The fraction of sp³-hybridized carbons (Fsp3) is 0. The molecule has 0 aliphatic heterocycles. The summed E-state index contributed by atoms with van der Waals surface area (Å²) in [6.45, 7) is 0. The number of benzene rings is 2. The fourth-order valence-electron chi connectivity index (χ4n) is 2.74. The van der Waals surface area contributed by atoms with E-state index in [0.717, 1.165) is 41.3 Å². The van der Waals surface area contributed by atoms with Crippen molar-refractivity contribution in [2.75, 3.05) is 11.1 Å². The molecule has 0 fully saturated rings. The van der Waals surface area contributed by atoms with Gasteiger partial charge in [-0.1, -0.05) is 28.1 Å². The van der Waals surface area contributed by atoms with Gasteiger partial charge in [-0.25, -0.2) is 9.97 Å². The summed E-state index contributed by atoms with van der Waals surface area (Å²) in [6, 6.07) is 15.8. The number of anilines is 3. The van der Waals surface area contributed by atoms with Crippen LogP contribution in [-0.4, -0.2) is 15.0 Å². The summed E-state index contributed by atoms with van der Waals surface area (Å²) < 4.78 is 2.65. The molecule has 134 valence electrons. The van der Waals surface area contributed by atoms with Crippen molar-refractivity contribution in [1.29, 1.82) is 0 Å². The van der Waals surface area contributed by atoms with Crippen LogP contribution in [0.4, 0.5) is 17.5 Å². The number of aromatic nitrogens is 3. The molecular weight excluding hydrogens is 538 g/mol. The zero-order chi connectivity index (χ0) is 19.0. The number of nitrogens with zero attached hydrogens (tertiary/aromatic N) is 3. The second kappa shape index (κ2) is 7.53. The minimum absolute atomic E-state index is 0.220. The number of hydrogen-bond acceptors (Lipinski definition) is 5. The lowest BCUT2D eigenvalue weighted by molar-refractivity contribution is 1.23. The van der Waals surface area contributed by atoms with Gasteiger partial charge in [-0.15, -0.1) is 0 Å². The van der Waals surface area contributed by atoms with Crippen LogP contribution >= 0.6 is 47.8 Å². The van der Waals surface area contributed by atoms with E-state index in [9.17, 15) is 0 Å².